The number of esters is 1. The summed E-state index contributed by atoms with van der Waals surface area (Å²) in [5.74, 6) is 1.54. The quantitative estimate of drug-likeness (QED) is 0.00688. The molecule has 0 saturated carbocycles. The number of amides is 2. The minimum atomic E-state index is -1.02. The van der Waals surface area contributed by atoms with Crippen LogP contribution in [0, 0.1) is 0 Å². The molecule has 2 aliphatic rings. The van der Waals surface area contributed by atoms with E-state index in [1.165, 1.54) is 27.4 Å². The largest absolute Gasteiger partial charge is 0.493 e. The number of carbonyl (C=O) groups excluding carboxylic acids is 4. The molecule has 0 heterocycles. The molecule has 652 valence electrons. The molecule has 0 spiro atoms. The number of halogens is 1. The number of carbonyl (C=O) groups is 4. The van der Waals surface area contributed by atoms with Crippen molar-refractivity contribution in [2.75, 3.05) is 130 Å². The highest BCUT2D eigenvalue weighted by Gasteiger charge is 2.37. The highest BCUT2D eigenvalue weighted by atomic mass is 19.1. The molecule has 0 radical (unpaired) electrons. The number of nitrogens with one attached hydrogen (secondary N) is 3. The van der Waals surface area contributed by atoms with Gasteiger partial charge in [0.15, 0.2) is 40.3 Å². The highest BCUT2D eigenvalue weighted by molar-refractivity contribution is 5.94. The van der Waals surface area contributed by atoms with E-state index in [1.54, 1.807) is 53.7 Å². The number of rotatable bonds is 44. The lowest BCUT2D eigenvalue weighted by atomic mass is 9.77. The Morgan fingerprint density at radius 1 is 0.528 bits per heavy atom. The molecule has 0 aliphatic heterocycles. The van der Waals surface area contributed by atoms with E-state index in [2.05, 4.69) is 68.1 Å². The monoisotopic (exact) mass is 1690 g/mol. The summed E-state index contributed by atoms with van der Waals surface area (Å²) in [4.78, 5) is 85.5. The molecular weight excluding hydrogens is 1570 g/mol. The van der Waals surface area contributed by atoms with Crippen LogP contribution in [0.2, 0.25) is 0 Å². The van der Waals surface area contributed by atoms with Crippen molar-refractivity contribution in [2.45, 2.75) is 107 Å². The Hall–Kier alpha value is -12.2. The lowest BCUT2D eigenvalue weighted by Crippen LogP contribution is -2.53. The molecule has 9 aromatic rings. The van der Waals surface area contributed by atoms with Gasteiger partial charge in [-0.1, -0.05) is 157 Å². The average Bonchev–Trinajstić information content (AvgIpc) is 1.18. The Bertz CT molecular complexity index is 5000. The van der Waals surface area contributed by atoms with Gasteiger partial charge in [0.2, 0.25) is 34.2 Å². The molecule has 2 aliphatic carbocycles. The van der Waals surface area contributed by atoms with Crippen LogP contribution in [0.3, 0.4) is 0 Å². The zero-order valence-electron chi connectivity index (χ0n) is 72.2. The maximum absolute atomic E-state index is 14.8. The zero-order chi connectivity index (χ0) is 88.6. The number of unbranched alkanes of at least 4 members (excludes halogenated alkanes) is 1. The molecule has 0 bridgehead atoms. The molecule has 123 heavy (non-hydrogen) atoms. The predicted molar refractivity (Wildman–Crippen MR) is 467 cm³/mol. The van der Waals surface area contributed by atoms with Gasteiger partial charge in [0, 0.05) is 53.8 Å². The third-order valence-electron chi connectivity index (χ3n) is 21.5. The summed E-state index contributed by atoms with van der Waals surface area (Å²) in [6.07, 6.45) is 4.29. The van der Waals surface area contributed by atoms with E-state index < -0.39 is 48.5 Å². The molecule has 26 nitrogen and oxygen atoms in total. The number of azide groups is 1. The summed E-state index contributed by atoms with van der Waals surface area (Å²) < 4.78 is 88.3. The molecule has 0 fully saturated rings. The van der Waals surface area contributed by atoms with Crippen molar-refractivity contribution in [3.63, 3.8) is 0 Å². The van der Waals surface area contributed by atoms with Crippen molar-refractivity contribution < 1.29 is 92.3 Å². The van der Waals surface area contributed by atoms with Crippen LogP contribution in [-0.4, -0.2) is 166 Å². The number of ether oxygens (including phenoxy) is 13. The SMILES string of the molecule is COc1cc2c(c(OC)c1OC)-c1ccc(OC)c(=O)cc1[C@@H](CC(=O)OCc1ccc(CC(=O)C(CCCCNC(c3ccccc3)(c3ccccc3)c3ccccc3)NC(=O)[C@@H](Cc3ccccc3)NC(=O)CCOCCOCCOCCOCCN=[N+]=[N-])cc1)CC2.COc1cc2c(c(OC)c1OC)-c1ccc(OC)c(=O)cc1[C@@H]([NH3+])CC2.[2H]CF. The number of aryl methyl sites for hydroxylation is 2. The minimum Gasteiger partial charge on any atom is -0.493 e. The maximum atomic E-state index is 14.8. The van der Waals surface area contributed by atoms with Crippen molar-refractivity contribution in [1.29, 1.82) is 0 Å². The van der Waals surface area contributed by atoms with Crippen LogP contribution in [0.5, 0.6) is 46.0 Å². The Balaban J connectivity index is 0.000000504. The Kier molecular flexibility index (Phi) is 37.6. The fourth-order valence-corrected chi connectivity index (χ4v) is 15.4. The van der Waals surface area contributed by atoms with Gasteiger partial charge in [-0.25, -0.2) is 0 Å². The number of fused-ring (bicyclic) bond motifs is 6. The number of quaternary nitrogens is 1. The standard InChI is InChI=1S/C75H86N6O14.C20H23NO5.CH3F/c1-87-67-35-34-61-62(51-66(67)83)56(32-33-57-49-68(88-2)72(89-3)73(90-4)71(57)61)50-70(85)95-52-55-30-28-54(29-31-55)48-65(82)63(27-17-18-37-77-75(58-21-11-6-12-22-58,59-23-13-7-14-24-59)60-25-15-8-16-26-60)80-74(86)64(47-53-19-9-5-10-20-53)79-69(84)36-39-91-41-43-93-45-46-94-44-42-92-40-38-78-81-76;1-23-16-8-6-12-13(10-15(16)22)14(21)7-5-11-9-17(24-2)19(25-3)20(26-4)18(11)12;1-2/h5-16,19-26,28-31,34-35,49,51,56,63-64,77H,17-18,27,32-33,36-48,50,52H2,1-4H3,(H,79,84)(H,80,86);6,8-10,14H,5,7,21H2,1-4H3;1H3/p+1/t56-,63?,64-;14-;/m10./s1/i;;1D. The summed E-state index contributed by atoms with van der Waals surface area (Å²) in [5.41, 5.74) is 23.6. The average molecular weight is 1690 g/mol. The van der Waals surface area contributed by atoms with Crippen molar-refractivity contribution in [3.05, 3.63) is 281 Å². The van der Waals surface area contributed by atoms with E-state index >= 15 is 0 Å². The first-order valence-corrected chi connectivity index (χ1v) is 40.9. The third kappa shape index (κ3) is 25.7. The lowest BCUT2D eigenvalue weighted by Gasteiger charge is -2.37. The summed E-state index contributed by atoms with van der Waals surface area (Å²) in [5, 5.41) is 13.4. The van der Waals surface area contributed by atoms with Gasteiger partial charge in [0.25, 0.3) is 0 Å². The van der Waals surface area contributed by atoms with Crippen LogP contribution in [0.25, 0.3) is 32.7 Å². The molecule has 27 heteroatoms. The molecule has 9 aromatic carbocycles. The van der Waals surface area contributed by atoms with Crippen molar-refractivity contribution in [2.24, 2.45) is 5.11 Å². The highest BCUT2D eigenvalue weighted by Crippen LogP contribution is 2.52. The summed E-state index contributed by atoms with van der Waals surface area (Å²) >= 11 is 0. The lowest BCUT2D eigenvalue weighted by molar-refractivity contribution is -0.427. The molecule has 0 saturated heterocycles. The fourth-order valence-electron chi connectivity index (χ4n) is 15.4. The normalized spacial score (nSPS) is 13.5. The van der Waals surface area contributed by atoms with Gasteiger partial charge >= 0.3 is 5.97 Å². The summed E-state index contributed by atoms with van der Waals surface area (Å²) in [6, 6.07) is 59.7. The molecule has 11 rings (SSSR count). The fraction of sp³-hybridized carbons (Fsp3) is 0.375. The second kappa shape index (κ2) is 49.6. The first-order valence-electron chi connectivity index (χ1n) is 41.6. The van der Waals surface area contributed by atoms with Gasteiger partial charge in [-0.05, 0) is 160 Å². The van der Waals surface area contributed by atoms with Crippen LogP contribution >= 0.6 is 0 Å². The minimum absolute atomic E-state index is 0.0155. The van der Waals surface area contributed by atoms with Crippen molar-refractivity contribution >= 4 is 23.6 Å². The Morgan fingerprint density at radius 3 is 1.49 bits per heavy atom. The third-order valence-corrected chi connectivity index (χ3v) is 21.5. The van der Waals surface area contributed by atoms with E-state index in [4.69, 9.17) is 68.5 Å². The Labute approximate surface area is 719 Å². The molecule has 6 N–H and O–H groups in total. The molecule has 4 atom stereocenters. The number of alkyl halides is 1. The molecule has 1 unspecified atom stereocenters. The van der Waals surface area contributed by atoms with Gasteiger partial charge < -0.3 is 77.9 Å². The van der Waals surface area contributed by atoms with Crippen molar-refractivity contribution in [3.8, 4) is 68.2 Å². The predicted octanol–water partition coefficient (Wildman–Crippen LogP) is 13.3. The number of methoxy groups -OCH3 is 8. The number of hydrogen-bond acceptors (Lipinski definition) is 21. The first-order chi connectivity index (χ1) is 60.5. The van der Waals surface area contributed by atoms with E-state index in [-0.39, 0.29) is 87.1 Å². The second-order valence-electron chi connectivity index (χ2n) is 29.0. The van der Waals surface area contributed by atoms with Crippen molar-refractivity contribution in [1.82, 2.24) is 16.0 Å². The van der Waals surface area contributed by atoms with E-state index in [9.17, 15) is 33.2 Å². The van der Waals surface area contributed by atoms with E-state index in [0.717, 1.165) is 68.5 Å². The van der Waals surface area contributed by atoms with Crippen LogP contribution in [0.15, 0.2) is 209 Å². The number of Topliss-reactive ketones (excluding diaryl/α,β-unsaturated/α-hetero) is 1. The topological polar surface area (TPSA) is 335 Å². The van der Waals surface area contributed by atoms with Crippen LogP contribution in [0.1, 0.15) is 114 Å². The number of benzene rings is 7. The number of hydrogen-bond donors (Lipinski definition) is 4. The zero-order valence-corrected chi connectivity index (χ0v) is 71.2. The van der Waals surface area contributed by atoms with Crippen LogP contribution in [0.4, 0.5) is 4.39 Å². The van der Waals surface area contributed by atoms with Crippen LogP contribution < -0.4 is 70.4 Å². The van der Waals surface area contributed by atoms with Crippen LogP contribution in [-0.2, 0) is 80.7 Å². The van der Waals surface area contributed by atoms with Gasteiger partial charge in [-0.15, -0.1) is 0 Å². The maximum Gasteiger partial charge on any atom is 0.306 e. The Morgan fingerprint density at radius 2 is 0.992 bits per heavy atom. The van der Waals surface area contributed by atoms with Gasteiger partial charge in [0.05, 0.1) is 136 Å². The van der Waals surface area contributed by atoms with E-state index in [0.29, 0.717) is 134 Å². The molecule has 2 amide bonds. The van der Waals surface area contributed by atoms with Gasteiger partial charge in [-0.3, -0.25) is 38.5 Å². The number of ketones is 1. The molecular formula is C96H113FN7O19+. The molecule has 0 aromatic heterocycles. The second-order valence-corrected chi connectivity index (χ2v) is 29.0. The summed E-state index contributed by atoms with van der Waals surface area (Å²) in [6.45, 7) is 3.15. The van der Waals surface area contributed by atoms with E-state index in [1.807, 2.05) is 133 Å². The smallest absolute Gasteiger partial charge is 0.306 e. The van der Waals surface area contributed by atoms with Gasteiger partial charge in [-0.2, -0.15) is 0 Å². The number of nitrogens with zero attached hydrogens (tertiary/aromatic N) is 3. The summed E-state index contributed by atoms with van der Waals surface area (Å²) in [7, 11) is 11.4. The first kappa shape index (κ1) is 93.1. The van der Waals surface area contributed by atoms with Gasteiger partial charge in [0.1, 0.15) is 18.7 Å².